The van der Waals surface area contributed by atoms with Crippen LogP contribution in [-0.2, 0) is 6.42 Å². The average Bonchev–Trinajstić information content (AvgIpc) is 2.66. The van der Waals surface area contributed by atoms with Crippen molar-refractivity contribution < 1.29 is 4.79 Å². The first-order valence-corrected chi connectivity index (χ1v) is 6.09. The Labute approximate surface area is 101 Å². The van der Waals surface area contributed by atoms with Crippen molar-refractivity contribution in [2.75, 3.05) is 0 Å². The highest BCUT2D eigenvalue weighted by Crippen LogP contribution is 2.38. The van der Waals surface area contributed by atoms with Gasteiger partial charge in [-0.1, -0.05) is 55.8 Å². The van der Waals surface area contributed by atoms with Crippen LogP contribution >= 0.6 is 0 Å². The lowest BCUT2D eigenvalue weighted by atomic mass is 9.98. The molecular weight excluding hydrogens is 208 g/mol. The van der Waals surface area contributed by atoms with E-state index in [9.17, 15) is 4.79 Å². The Hall–Kier alpha value is -1.89. The largest absolute Gasteiger partial charge is 0.289 e. The molecule has 3 rings (SSSR count). The number of hydrogen-bond acceptors (Lipinski definition) is 1. The second-order valence-electron chi connectivity index (χ2n) is 4.46. The quantitative estimate of drug-likeness (QED) is 0.643. The molecule has 0 bridgehead atoms. The van der Waals surface area contributed by atoms with Crippen LogP contribution in [0.15, 0.2) is 42.5 Å². The monoisotopic (exact) mass is 222 g/mol. The van der Waals surface area contributed by atoms with Gasteiger partial charge < -0.3 is 0 Å². The Morgan fingerprint density at radius 1 is 0.882 bits per heavy atom. The molecule has 0 aliphatic heterocycles. The third-order valence-corrected chi connectivity index (χ3v) is 3.36. The number of hydrogen-bond donors (Lipinski definition) is 0. The van der Waals surface area contributed by atoms with E-state index in [0.29, 0.717) is 0 Å². The zero-order chi connectivity index (χ0) is 11.8. The van der Waals surface area contributed by atoms with Crippen LogP contribution in [0.4, 0.5) is 0 Å². The SMILES string of the molecule is CCCc1cccc2c1C(=O)c1ccccc1-2. The van der Waals surface area contributed by atoms with Crippen molar-refractivity contribution in [1.82, 2.24) is 0 Å². The second kappa shape index (κ2) is 3.85. The van der Waals surface area contributed by atoms with Gasteiger partial charge in [0.25, 0.3) is 0 Å². The minimum Gasteiger partial charge on any atom is -0.289 e. The van der Waals surface area contributed by atoms with Crippen molar-refractivity contribution in [2.24, 2.45) is 0 Å². The fraction of sp³-hybridized carbons (Fsp3) is 0.188. The highest BCUT2D eigenvalue weighted by Gasteiger charge is 2.27. The minimum absolute atomic E-state index is 0.194. The molecule has 0 heterocycles. The first-order valence-electron chi connectivity index (χ1n) is 6.09. The lowest BCUT2D eigenvalue weighted by Gasteiger charge is -2.05. The number of fused-ring (bicyclic) bond motifs is 3. The fourth-order valence-corrected chi connectivity index (χ4v) is 2.62. The summed E-state index contributed by atoms with van der Waals surface area (Å²) < 4.78 is 0. The van der Waals surface area contributed by atoms with Gasteiger partial charge in [-0.05, 0) is 23.1 Å². The molecule has 1 aliphatic carbocycles. The van der Waals surface area contributed by atoms with E-state index < -0.39 is 0 Å². The molecular formula is C16H14O. The lowest BCUT2D eigenvalue weighted by Crippen LogP contribution is -2.00. The molecule has 2 aromatic carbocycles. The Kier molecular flexibility index (Phi) is 2.32. The standard InChI is InChI=1S/C16H14O/c1-2-6-11-7-5-10-13-12-8-3-4-9-14(12)16(17)15(11)13/h3-5,7-10H,2,6H2,1H3. The first kappa shape index (κ1) is 10.3. The topological polar surface area (TPSA) is 17.1 Å². The van der Waals surface area contributed by atoms with E-state index >= 15 is 0 Å². The molecule has 0 spiro atoms. The van der Waals surface area contributed by atoms with Crippen molar-refractivity contribution in [1.29, 1.82) is 0 Å². The van der Waals surface area contributed by atoms with E-state index in [1.165, 1.54) is 5.56 Å². The van der Waals surface area contributed by atoms with Gasteiger partial charge in [0.05, 0.1) is 0 Å². The van der Waals surface area contributed by atoms with Crippen molar-refractivity contribution in [3.05, 3.63) is 59.2 Å². The number of carbonyl (C=O) groups excluding carboxylic acids is 1. The Balaban J connectivity index is 2.27. The molecule has 1 aliphatic rings. The van der Waals surface area contributed by atoms with E-state index in [1.54, 1.807) is 0 Å². The predicted molar refractivity (Wildman–Crippen MR) is 69.3 cm³/mol. The van der Waals surface area contributed by atoms with Crippen molar-refractivity contribution in [3.63, 3.8) is 0 Å². The van der Waals surface area contributed by atoms with Crippen LogP contribution < -0.4 is 0 Å². The lowest BCUT2D eigenvalue weighted by molar-refractivity contribution is 0.104. The molecule has 17 heavy (non-hydrogen) atoms. The van der Waals surface area contributed by atoms with E-state index in [0.717, 1.165) is 35.1 Å². The number of rotatable bonds is 2. The summed E-state index contributed by atoms with van der Waals surface area (Å²) in [6.45, 7) is 2.14. The number of aryl methyl sites for hydroxylation is 1. The van der Waals surface area contributed by atoms with Crippen LogP contribution in [0.2, 0.25) is 0 Å². The van der Waals surface area contributed by atoms with E-state index in [1.807, 2.05) is 24.3 Å². The molecule has 1 nitrogen and oxygen atoms in total. The summed E-state index contributed by atoms with van der Waals surface area (Å²) in [6.07, 6.45) is 2.04. The third kappa shape index (κ3) is 1.42. The number of benzene rings is 2. The van der Waals surface area contributed by atoms with Crippen molar-refractivity contribution in [2.45, 2.75) is 19.8 Å². The molecule has 0 saturated carbocycles. The van der Waals surface area contributed by atoms with Gasteiger partial charge >= 0.3 is 0 Å². The van der Waals surface area contributed by atoms with Crippen molar-refractivity contribution >= 4 is 5.78 Å². The Morgan fingerprint density at radius 2 is 1.59 bits per heavy atom. The second-order valence-corrected chi connectivity index (χ2v) is 4.46. The Bertz CT molecular complexity index is 596. The van der Waals surface area contributed by atoms with Crippen LogP contribution in [0.3, 0.4) is 0 Å². The smallest absolute Gasteiger partial charge is 0.194 e. The molecule has 84 valence electrons. The molecule has 2 aromatic rings. The van der Waals surface area contributed by atoms with E-state index in [4.69, 9.17) is 0 Å². The minimum atomic E-state index is 0.194. The summed E-state index contributed by atoms with van der Waals surface area (Å²) in [5, 5.41) is 0. The van der Waals surface area contributed by atoms with Gasteiger partial charge in [0.2, 0.25) is 0 Å². The Morgan fingerprint density at radius 3 is 2.35 bits per heavy atom. The van der Waals surface area contributed by atoms with Gasteiger partial charge in [0, 0.05) is 11.1 Å². The summed E-state index contributed by atoms with van der Waals surface area (Å²) in [7, 11) is 0. The number of carbonyl (C=O) groups is 1. The molecule has 0 unspecified atom stereocenters. The molecule has 0 radical (unpaired) electrons. The molecule has 1 heteroatoms. The third-order valence-electron chi connectivity index (χ3n) is 3.36. The highest BCUT2D eigenvalue weighted by molar-refractivity contribution is 6.22. The van der Waals surface area contributed by atoms with E-state index in [2.05, 4.69) is 25.1 Å². The molecule has 0 amide bonds. The summed E-state index contributed by atoms with van der Waals surface area (Å²) >= 11 is 0. The van der Waals surface area contributed by atoms with Crippen LogP contribution in [0.25, 0.3) is 11.1 Å². The summed E-state index contributed by atoms with van der Waals surface area (Å²) in [5.74, 6) is 0.194. The zero-order valence-corrected chi connectivity index (χ0v) is 9.86. The van der Waals surface area contributed by atoms with Gasteiger partial charge in [0.1, 0.15) is 0 Å². The van der Waals surface area contributed by atoms with Crippen LogP contribution in [-0.4, -0.2) is 5.78 Å². The van der Waals surface area contributed by atoms with Gasteiger partial charge in [-0.2, -0.15) is 0 Å². The zero-order valence-electron chi connectivity index (χ0n) is 9.86. The summed E-state index contributed by atoms with van der Waals surface area (Å²) in [5.41, 5.74) is 5.16. The molecule has 0 N–H and O–H groups in total. The van der Waals surface area contributed by atoms with Gasteiger partial charge in [-0.15, -0.1) is 0 Å². The summed E-state index contributed by atoms with van der Waals surface area (Å²) in [4.78, 5) is 12.4. The maximum atomic E-state index is 12.4. The van der Waals surface area contributed by atoms with Crippen LogP contribution in [0, 0.1) is 0 Å². The fourth-order valence-electron chi connectivity index (χ4n) is 2.62. The highest BCUT2D eigenvalue weighted by atomic mass is 16.1. The number of ketones is 1. The molecule has 0 atom stereocenters. The maximum absolute atomic E-state index is 12.4. The normalized spacial score (nSPS) is 12.4. The van der Waals surface area contributed by atoms with Gasteiger partial charge in [0.15, 0.2) is 5.78 Å². The summed E-state index contributed by atoms with van der Waals surface area (Å²) in [6, 6.07) is 14.1. The van der Waals surface area contributed by atoms with Crippen LogP contribution in [0.1, 0.15) is 34.8 Å². The van der Waals surface area contributed by atoms with Gasteiger partial charge in [-0.3, -0.25) is 4.79 Å². The predicted octanol–water partition coefficient (Wildman–Crippen LogP) is 3.85. The van der Waals surface area contributed by atoms with Crippen molar-refractivity contribution in [3.8, 4) is 11.1 Å². The first-order chi connectivity index (χ1) is 8.33. The molecule has 0 saturated heterocycles. The van der Waals surface area contributed by atoms with Gasteiger partial charge in [-0.25, -0.2) is 0 Å². The van der Waals surface area contributed by atoms with Crippen LogP contribution in [0.5, 0.6) is 0 Å². The molecule has 0 aromatic heterocycles. The average molecular weight is 222 g/mol. The molecule has 0 fully saturated rings. The maximum Gasteiger partial charge on any atom is 0.194 e. The van der Waals surface area contributed by atoms with E-state index in [-0.39, 0.29) is 5.78 Å².